The fourth-order valence-electron chi connectivity index (χ4n) is 0.523. The Hall–Kier alpha value is -0.840. The molecule has 10 heavy (non-hydrogen) atoms. The van der Waals surface area contributed by atoms with Gasteiger partial charge < -0.3 is 16.2 Å². The number of amides is 1. The van der Waals surface area contributed by atoms with Crippen LogP contribution in [-0.4, -0.2) is 22.2 Å². The minimum absolute atomic E-state index is 0.185. The number of carbonyl (C=O) groups is 1. The third-order valence-corrected chi connectivity index (χ3v) is 1.33. The number of hydrogen-bond acceptors (Lipinski definition) is 2. The molecule has 4 N–H and O–H groups in total. The number of rotatable bonds is 3. The van der Waals surface area contributed by atoms with Crippen LogP contribution in [0.3, 0.4) is 0 Å². The van der Waals surface area contributed by atoms with Crippen LogP contribution in [0.2, 0.25) is 0 Å². The van der Waals surface area contributed by atoms with Gasteiger partial charge in [0.05, 0.1) is 11.0 Å². The summed E-state index contributed by atoms with van der Waals surface area (Å²) in [4.78, 5) is 10.2. The van der Waals surface area contributed by atoms with E-state index >= 15 is 0 Å². The van der Waals surface area contributed by atoms with E-state index in [1.54, 1.807) is 6.92 Å². The molecule has 0 aromatic heterocycles. The minimum atomic E-state index is -1.10. The summed E-state index contributed by atoms with van der Waals surface area (Å²) in [5.41, 5.74) is 5.20. The highest BCUT2D eigenvalue weighted by molar-refractivity contribution is 7.80. The molecule has 0 aromatic carbocycles. The molecule has 4 nitrogen and oxygen atoms in total. The summed E-state index contributed by atoms with van der Waals surface area (Å²) in [5, 5.41) is 10.4. The number of nitrogens with two attached hydrogens (primary N) is 1. The van der Waals surface area contributed by atoms with Crippen LogP contribution in [0, 0.1) is 0 Å². The molecule has 0 saturated heterocycles. The Morgan fingerprint density at radius 1 is 1.90 bits per heavy atom. The number of carboxylic acid groups (broad SMARTS) is 1. The first-order valence-electron chi connectivity index (χ1n) is 2.86. The molecule has 0 fully saturated rings. The summed E-state index contributed by atoms with van der Waals surface area (Å²) in [6.45, 7) is 1.81. The molecule has 5 heteroatoms. The number of nitrogens with one attached hydrogen (secondary N) is 1. The van der Waals surface area contributed by atoms with E-state index in [9.17, 15) is 4.79 Å². The van der Waals surface area contributed by atoms with Crippen LogP contribution in [0.5, 0.6) is 0 Å². The van der Waals surface area contributed by atoms with Gasteiger partial charge in [-0.2, -0.15) is 0 Å². The van der Waals surface area contributed by atoms with Gasteiger partial charge in [0.15, 0.2) is 0 Å². The first-order chi connectivity index (χ1) is 4.57. The van der Waals surface area contributed by atoms with Crippen molar-refractivity contribution in [2.45, 2.75) is 19.4 Å². The van der Waals surface area contributed by atoms with Crippen molar-refractivity contribution in [3.8, 4) is 0 Å². The lowest BCUT2D eigenvalue weighted by molar-refractivity contribution is 0.192. The van der Waals surface area contributed by atoms with Crippen LogP contribution in [0.1, 0.15) is 13.3 Å². The minimum Gasteiger partial charge on any atom is -0.465 e. The Morgan fingerprint density at radius 2 is 2.40 bits per heavy atom. The van der Waals surface area contributed by atoms with Gasteiger partial charge in [-0.1, -0.05) is 19.1 Å². The Labute approximate surface area is 64.4 Å². The summed E-state index contributed by atoms with van der Waals surface area (Å²) in [5.74, 6) is 0. The monoisotopic (exact) mass is 162 g/mol. The van der Waals surface area contributed by atoms with Gasteiger partial charge >= 0.3 is 6.09 Å². The third-order valence-electron chi connectivity index (χ3n) is 1.05. The highest BCUT2D eigenvalue weighted by Gasteiger charge is 2.10. The first-order valence-corrected chi connectivity index (χ1v) is 3.27. The predicted molar refractivity (Wildman–Crippen MR) is 42.0 cm³/mol. The van der Waals surface area contributed by atoms with E-state index in [2.05, 4.69) is 17.5 Å². The molecule has 0 heterocycles. The van der Waals surface area contributed by atoms with Crippen LogP contribution in [0.15, 0.2) is 0 Å². The molecular formula is C5H10N2O2S. The molecule has 1 amide bonds. The summed E-state index contributed by atoms with van der Waals surface area (Å²) >= 11 is 4.59. The van der Waals surface area contributed by atoms with Gasteiger partial charge in [-0.25, -0.2) is 4.79 Å². The molecule has 0 aromatic rings. The maximum Gasteiger partial charge on any atom is 0.405 e. The van der Waals surface area contributed by atoms with Crippen LogP contribution >= 0.6 is 12.2 Å². The average molecular weight is 162 g/mol. The standard InChI is InChI=1S/C5H10N2O2S/c1-2-3(4(6)10)7-5(8)9/h3,7H,2H2,1H3,(H2,6,10)(H,8,9). The zero-order chi connectivity index (χ0) is 8.15. The van der Waals surface area contributed by atoms with E-state index in [0.29, 0.717) is 6.42 Å². The zero-order valence-corrected chi connectivity index (χ0v) is 6.44. The summed E-state index contributed by atoms with van der Waals surface area (Å²) in [6.07, 6.45) is -0.513. The van der Waals surface area contributed by atoms with E-state index in [1.807, 2.05) is 0 Å². The van der Waals surface area contributed by atoms with Gasteiger partial charge in [-0.3, -0.25) is 0 Å². The third kappa shape index (κ3) is 3.24. The van der Waals surface area contributed by atoms with E-state index < -0.39 is 12.1 Å². The predicted octanol–water partition coefficient (Wildman–Crippen LogP) is 0.319. The SMILES string of the molecule is CCC(NC(=O)O)C(N)=S. The second-order valence-corrected chi connectivity index (χ2v) is 2.28. The molecular weight excluding hydrogens is 152 g/mol. The van der Waals surface area contributed by atoms with Crippen LogP contribution in [0.4, 0.5) is 4.79 Å². The average Bonchev–Trinajstić information content (AvgIpc) is 1.81. The second-order valence-electron chi connectivity index (χ2n) is 1.81. The highest BCUT2D eigenvalue weighted by Crippen LogP contribution is 1.89. The van der Waals surface area contributed by atoms with Crippen molar-refractivity contribution < 1.29 is 9.90 Å². The number of thiocarbonyl (C=S) groups is 1. The molecule has 0 bridgehead atoms. The van der Waals surface area contributed by atoms with E-state index in [4.69, 9.17) is 10.8 Å². The molecule has 0 aliphatic carbocycles. The van der Waals surface area contributed by atoms with Gasteiger partial charge in [-0.05, 0) is 6.42 Å². The summed E-state index contributed by atoms with van der Waals surface area (Å²) < 4.78 is 0. The molecule has 1 atom stereocenters. The van der Waals surface area contributed by atoms with Crippen molar-refractivity contribution in [3.63, 3.8) is 0 Å². The van der Waals surface area contributed by atoms with E-state index in [0.717, 1.165) is 0 Å². The zero-order valence-electron chi connectivity index (χ0n) is 5.63. The molecule has 0 saturated carbocycles. The van der Waals surface area contributed by atoms with Crippen LogP contribution in [-0.2, 0) is 0 Å². The van der Waals surface area contributed by atoms with Crippen molar-refractivity contribution in [3.05, 3.63) is 0 Å². The van der Waals surface area contributed by atoms with Crippen molar-refractivity contribution in [1.29, 1.82) is 0 Å². The summed E-state index contributed by atoms with van der Waals surface area (Å²) in [7, 11) is 0. The fraction of sp³-hybridized carbons (Fsp3) is 0.600. The van der Waals surface area contributed by atoms with E-state index in [-0.39, 0.29) is 4.99 Å². The fourth-order valence-corrected chi connectivity index (χ4v) is 0.749. The highest BCUT2D eigenvalue weighted by atomic mass is 32.1. The molecule has 0 rings (SSSR count). The first kappa shape index (κ1) is 9.16. The molecule has 0 spiro atoms. The molecule has 1 unspecified atom stereocenters. The normalized spacial score (nSPS) is 12.1. The van der Waals surface area contributed by atoms with Crippen molar-refractivity contribution >= 4 is 23.3 Å². The lowest BCUT2D eigenvalue weighted by Gasteiger charge is -2.11. The smallest absolute Gasteiger partial charge is 0.405 e. The molecule has 0 aliphatic rings. The summed E-state index contributed by atoms with van der Waals surface area (Å²) in [6, 6.07) is -0.396. The van der Waals surface area contributed by atoms with Crippen molar-refractivity contribution in [2.24, 2.45) is 5.73 Å². The van der Waals surface area contributed by atoms with E-state index in [1.165, 1.54) is 0 Å². The lowest BCUT2D eigenvalue weighted by atomic mass is 10.2. The van der Waals surface area contributed by atoms with Gasteiger partial charge in [0.25, 0.3) is 0 Å². The largest absolute Gasteiger partial charge is 0.465 e. The Balaban J connectivity index is 3.83. The van der Waals surface area contributed by atoms with Gasteiger partial charge in [-0.15, -0.1) is 0 Å². The van der Waals surface area contributed by atoms with Crippen molar-refractivity contribution in [2.75, 3.05) is 0 Å². The quantitative estimate of drug-likeness (QED) is 0.522. The molecule has 0 radical (unpaired) electrons. The van der Waals surface area contributed by atoms with Crippen molar-refractivity contribution in [1.82, 2.24) is 5.32 Å². The van der Waals surface area contributed by atoms with Crippen LogP contribution in [0.25, 0.3) is 0 Å². The van der Waals surface area contributed by atoms with Crippen LogP contribution < -0.4 is 11.1 Å². The Bertz CT molecular complexity index is 149. The van der Waals surface area contributed by atoms with Gasteiger partial charge in [0.2, 0.25) is 0 Å². The molecule has 58 valence electrons. The number of hydrogen-bond donors (Lipinski definition) is 3. The topological polar surface area (TPSA) is 75.3 Å². The van der Waals surface area contributed by atoms with Gasteiger partial charge in [0, 0.05) is 0 Å². The molecule has 0 aliphatic heterocycles. The Kier molecular flexibility index (Phi) is 3.71. The Morgan fingerprint density at radius 3 is 2.50 bits per heavy atom. The maximum atomic E-state index is 10.0. The maximum absolute atomic E-state index is 10.0. The van der Waals surface area contributed by atoms with Gasteiger partial charge in [0.1, 0.15) is 0 Å². The lowest BCUT2D eigenvalue weighted by Crippen LogP contribution is -2.42. The second kappa shape index (κ2) is 4.05.